The van der Waals surface area contributed by atoms with Crippen LogP contribution in [-0.4, -0.2) is 63.2 Å². The highest BCUT2D eigenvalue weighted by Gasteiger charge is 2.16. The zero-order valence-electron chi connectivity index (χ0n) is 13.8. The van der Waals surface area contributed by atoms with Gasteiger partial charge < -0.3 is 20.3 Å². The molecule has 1 aliphatic rings. The molecule has 21 heavy (non-hydrogen) atoms. The van der Waals surface area contributed by atoms with E-state index in [9.17, 15) is 4.79 Å². The van der Waals surface area contributed by atoms with Gasteiger partial charge in [0.1, 0.15) is 6.54 Å². The van der Waals surface area contributed by atoms with E-state index in [1.165, 1.54) is 32.1 Å². The van der Waals surface area contributed by atoms with Gasteiger partial charge in [0.25, 0.3) is 0 Å². The Bertz CT molecular complexity index is 339. The lowest BCUT2D eigenvalue weighted by atomic mass is 9.96. The molecule has 0 aliphatic heterocycles. The fourth-order valence-corrected chi connectivity index (χ4v) is 2.39. The Morgan fingerprint density at radius 2 is 2.00 bits per heavy atom. The van der Waals surface area contributed by atoms with Crippen LogP contribution in [0.2, 0.25) is 0 Å². The van der Waals surface area contributed by atoms with E-state index in [0.29, 0.717) is 18.6 Å². The SMILES string of the molecule is COCC(C)NC(=NCC(=O)N(C)C)NC1CCCCC1. The van der Waals surface area contributed by atoms with Gasteiger partial charge in [-0.1, -0.05) is 19.3 Å². The first-order valence-corrected chi connectivity index (χ1v) is 7.79. The van der Waals surface area contributed by atoms with Gasteiger partial charge in [-0.05, 0) is 19.8 Å². The molecule has 0 spiro atoms. The quantitative estimate of drug-likeness (QED) is 0.567. The summed E-state index contributed by atoms with van der Waals surface area (Å²) >= 11 is 0. The van der Waals surface area contributed by atoms with Crippen molar-refractivity contribution in [2.45, 2.75) is 51.1 Å². The van der Waals surface area contributed by atoms with Crippen molar-refractivity contribution in [2.24, 2.45) is 4.99 Å². The van der Waals surface area contributed by atoms with Crippen molar-refractivity contribution in [1.82, 2.24) is 15.5 Å². The van der Waals surface area contributed by atoms with Crippen molar-refractivity contribution in [3.05, 3.63) is 0 Å². The molecule has 1 atom stereocenters. The summed E-state index contributed by atoms with van der Waals surface area (Å²) in [7, 11) is 5.17. The van der Waals surface area contributed by atoms with Crippen LogP contribution in [0.5, 0.6) is 0 Å². The summed E-state index contributed by atoms with van der Waals surface area (Å²) in [6, 6.07) is 0.605. The molecule has 0 aromatic rings. The molecule has 0 heterocycles. The highest BCUT2D eigenvalue weighted by molar-refractivity contribution is 5.85. The van der Waals surface area contributed by atoms with Gasteiger partial charge in [-0.15, -0.1) is 0 Å². The molecule has 1 amide bonds. The standard InChI is InChI=1S/C15H30N4O2/c1-12(11-21-4)17-15(16-10-14(20)19(2)3)18-13-8-6-5-7-9-13/h12-13H,5-11H2,1-4H3,(H2,16,17,18). The maximum Gasteiger partial charge on any atom is 0.243 e. The van der Waals surface area contributed by atoms with Gasteiger partial charge >= 0.3 is 0 Å². The molecule has 0 radical (unpaired) electrons. The lowest BCUT2D eigenvalue weighted by Crippen LogP contribution is -2.48. The number of nitrogens with one attached hydrogen (secondary N) is 2. The lowest BCUT2D eigenvalue weighted by molar-refractivity contribution is -0.127. The molecule has 1 aliphatic carbocycles. The van der Waals surface area contributed by atoms with Crippen LogP contribution >= 0.6 is 0 Å². The maximum atomic E-state index is 11.7. The van der Waals surface area contributed by atoms with E-state index < -0.39 is 0 Å². The fourth-order valence-electron chi connectivity index (χ4n) is 2.39. The normalized spacial score (nSPS) is 18.2. The summed E-state index contributed by atoms with van der Waals surface area (Å²) in [6.45, 7) is 2.80. The van der Waals surface area contributed by atoms with Crippen molar-refractivity contribution in [1.29, 1.82) is 0 Å². The highest BCUT2D eigenvalue weighted by atomic mass is 16.5. The Morgan fingerprint density at radius 1 is 1.33 bits per heavy atom. The minimum absolute atomic E-state index is 0.000797. The van der Waals surface area contributed by atoms with Crippen LogP contribution in [0.25, 0.3) is 0 Å². The molecular formula is C15H30N4O2. The summed E-state index contributed by atoms with van der Waals surface area (Å²) in [5.41, 5.74) is 0. The van der Waals surface area contributed by atoms with Crippen molar-refractivity contribution >= 4 is 11.9 Å². The van der Waals surface area contributed by atoms with Crippen LogP contribution < -0.4 is 10.6 Å². The van der Waals surface area contributed by atoms with Crippen molar-refractivity contribution in [3.8, 4) is 0 Å². The van der Waals surface area contributed by atoms with E-state index in [1.807, 2.05) is 6.92 Å². The van der Waals surface area contributed by atoms with E-state index in [-0.39, 0.29) is 18.5 Å². The van der Waals surface area contributed by atoms with Gasteiger partial charge in [0, 0.05) is 33.3 Å². The second-order valence-electron chi connectivity index (χ2n) is 5.93. The van der Waals surface area contributed by atoms with E-state index in [0.717, 1.165) is 0 Å². The average molecular weight is 298 g/mol. The number of methoxy groups -OCH3 is 1. The zero-order chi connectivity index (χ0) is 15.7. The van der Waals surface area contributed by atoms with Gasteiger partial charge in [-0.2, -0.15) is 0 Å². The third kappa shape index (κ3) is 7.32. The molecule has 122 valence electrons. The Labute approximate surface area is 128 Å². The lowest BCUT2D eigenvalue weighted by Gasteiger charge is -2.26. The molecule has 0 saturated heterocycles. The number of amides is 1. The largest absolute Gasteiger partial charge is 0.383 e. The maximum absolute atomic E-state index is 11.7. The van der Waals surface area contributed by atoms with Crippen LogP contribution in [-0.2, 0) is 9.53 Å². The second-order valence-corrected chi connectivity index (χ2v) is 5.93. The van der Waals surface area contributed by atoms with E-state index in [1.54, 1.807) is 26.1 Å². The molecule has 1 saturated carbocycles. The number of ether oxygens (including phenoxy) is 1. The number of nitrogens with zero attached hydrogens (tertiary/aromatic N) is 2. The summed E-state index contributed by atoms with van der Waals surface area (Å²) in [6.07, 6.45) is 6.17. The first-order chi connectivity index (χ1) is 10.0. The van der Waals surface area contributed by atoms with Gasteiger partial charge in [-0.3, -0.25) is 4.79 Å². The Morgan fingerprint density at radius 3 is 2.57 bits per heavy atom. The minimum atomic E-state index is -0.000797. The first kappa shape index (κ1) is 17.8. The predicted molar refractivity (Wildman–Crippen MR) is 85.5 cm³/mol. The summed E-state index contributed by atoms with van der Waals surface area (Å²) in [4.78, 5) is 17.7. The Balaban J connectivity index is 2.59. The summed E-state index contributed by atoms with van der Waals surface area (Å²) in [5.74, 6) is 0.709. The smallest absolute Gasteiger partial charge is 0.243 e. The second kappa shape index (κ2) is 9.60. The van der Waals surface area contributed by atoms with Crippen molar-refractivity contribution in [3.63, 3.8) is 0 Å². The fraction of sp³-hybridized carbons (Fsp3) is 0.867. The monoisotopic (exact) mass is 298 g/mol. The predicted octanol–water partition coefficient (Wildman–Crippen LogP) is 0.977. The number of rotatable bonds is 6. The topological polar surface area (TPSA) is 66.0 Å². The average Bonchev–Trinajstić information content (AvgIpc) is 2.45. The van der Waals surface area contributed by atoms with Crippen LogP contribution in [0, 0.1) is 0 Å². The molecule has 0 aromatic heterocycles. The number of aliphatic imine (C=N–C) groups is 1. The molecule has 6 nitrogen and oxygen atoms in total. The van der Waals surface area contributed by atoms with Crippen molar-refractivity contribution < 1.29 is 9.53 Å². The molecular weight excluding hydrogens is 268 g/mol. The first-order valence-electron chi connectivity index (χ1n) is 7.79. The third-order valence-corrected chi connectivity index (χ3v) is 3.62. The van der Waals surface area contributed by atoms with Crippen LogP contribution in [0.4, 0.5) is 0 Å². The summed E-state index contributed by atoms with van der Waals surface area (Å²) < 4.78 is 5.14. The molecule has 1 unspecified atom stereocenters. The molecule has 0 bridgehead atoms. The molecule has 0 aromatic carbocycles. The van der Waals surface area contributed by atoms with Crippen LogP contribution in [0.15, 0.2) is 4.99 Å². The van der Waals surface area contributed by atoms with E-state index >= 15 is 0 Å². The van der Waals surface area contributed by atoms with E-state index in [4.69, 9.17) is 4.74 Å². The van der Waals surface area contributed by atoms with E-state index in [2.05, 4.69) is 15.6 Å². The molecule has 1 rings (SSSR count). The number of carbonyl (C=O) groups is 1. The van der Waals surface area contributed by atoms with Gasteiger partial charge in [0.15, 0.2) is 5.96 Å². The summed E-state index contributed by atoms with van der Waals surface area (Å²) in [5, 5.41) is 6.75. The Kier molecular flexibility index (Phi) is 8.12. The number of carbonyl (C=O) groups excluding carboxylic acids is 1. The number of likely N-dealkylation sites (N-methyl/N-ethyl adjacent to an activating group) is 1. The third-order valence-electron chi connectivity index (χ3n) is 3.62. The molecule has 6 heteroatoms. The van der Waals surface area contributed by atoms with Gasteiger partial charge in [0.05, 0.1) is 6.61 Å². The van der Waals surface area contributed by atoms with Crippen LogP contribution in [0.3, 0.4) is 0 Å². The zero-order valence-corrected chi connectivity index (χ0v) is 13.8. The molecule has 2 N–H and O–H groups in total. The number of hydrogen-bond donors (Lipinski definition) is 2. The number of guanidine groups is 1. The van der Waals surface area contributed by atoms with Crippen LogP contribution in [0.1, 0.15) is 39.0 Å². The van der Waals surface area contributed by atoms with Gasteiger partial charge in [-0.25, -0.2) is 4.99 Å². The highest BCUT2D eigenvalue weighted by Crippen LogP contribution is 2.17. The van der Waals surface area contributed by atoms with Gasteiger partial charge in [0.2, 0.25) is 5.91 Å². The molecule has 1 fully saturated rings. The number of hydrogen-bond acceptors (Lipinski definition) is 3. The van der Waals surface area contributed by atoms with Crippen molar-refractivity contribution in [2.75, 3.05) is 34.4 Å². The minimum Gasteiger partial charge on any atom is -0.383 e. The Hall–Kier alpha value is -1.30.